The van der Waals surface area contributed by atoms with Crippen LogP contribution in [0.15, 0.2) is 54.9 Å². The van der Waals surface area contributed by atoms with E-state index in [1.54, 1.807) is 12.4 Å². The highest BCUT2D eigenvalue weighted by Crippen LogP contribution is 2.24. The highest BCUT2D eigenvalue weighted by Gasteiger charge is 2.30. The lowest BCUT2D eigenvalue weighted by Crippen LogP contribution is -2.41. The predicted molar refractivity (Wildman–Crippen MR) is 80.3 cm³/mol. The Labute approximate surface area is 120 Å². The van der Waals surface area contributed by atoms with Gasteiger partial charge in [0, 0.05) is 12.4 Å². The van der Waals surface area contributed by atoms with Crippen LogP contribution in [0.2, 0.25) is 0 Å². The molecule has 2 rings (SSSR count). The van der Waals surface area contributed by atoms with Crippen LogP contribution < -0.4 is 5.32 Å². The molecule has 0 saturated heterocycles. The fourth-order valence-electron chi connectivity index (χ4n) is 2.10. The maximum atomic E-state index is 12.5. The number of pyridine rings is 1. The van der Waals surface area contributed by atoms with E-state index in [4.69, 9.17) is 0 Å². The quantitative estimate of drug-likeness (QED) is 0.925. The van der Waals surface area contributed by atoms with Crippen LogP contribution in [-0.2, 0) is 10.2 Å². The van der Waals surface area contributed by atoms with Gasteiger partial charge in [-0.2, -0.15) is 0 Å². The van der Waals surface area contributed by atoms with Crippen molar-refractivity contribution in [1.29, 1.82) is 0 Å². The lowest BCUT2D eigenvalue weighted by Gasteiger charge is -2.26. The fraction of sp³-hybridized carbons (Fsp3) is 0.294. The minimum absolute atomic E-state index is 0.0213. The first-order valence-corrected chi connectivity index (χ1v) is 6.78. The zero-order chi connectivity index (χ0) is 14.6. The van der Waals surface area contributed by atoms with Gasteiger partial charge in [0.2, 0.25) is 5.91 Å². The summed E-state index contributed by atoms with van der Waals surface area (Å²) < 4.78 is 0. The molecule has 1 amide bonds. The van der Waals surface area contributed by atoms with E-state index in [2.05, 4.69) is 10.3 Å². The van der Waals surface area contributed by atoms with Crippen LogP contribution in [0.4, 0.5) is 0 Å². The van der Waals surface area contributed by atoms with Gasteiger partial charge in [-0.15, -0.1) is 0 Å². The van der Waals surface area contributed by atoms with Gasteiger partial charge in [0.1, 0.15) is 0 Å². The van der Waals surface area contributed by atoms with Crippen molar-refractivity contribution in [3.8, 4) is 0 Å². The van der Waals surface area contributed by atoms with Crippen molar-refractivity contribution in [1.82, 2.24) is 10.3 Å². The summed E-state index contributed by atoms with van der Waals surface area (Å²) in [4.78, 5) is 16.5. The Hall–Kier alpha value is -2.16. The maximum absolute atomic E-state index is 12.5. The number of nitrogens with one attached hydrogen (secondary N) is 1. The maximum Gasteiger partial charge on any atom is 0.230 e. The SMILES string of the molecule is CC(NC(=O)C(C)(C)c1ccccc1)c1ccncc1. The minimum Gasteiger partial charge on any atom is -0.349 e. The monoisotopic (exact) mass is 268 g/mol. The smallest absolute Gasteiger partial charge is 0.230 e. The second-order valence-electron chi connectivity index (χ2n) is 5.47. The first kappa shape index (κ1) is 14.3. The number of aromatic nitrogens is 1. The Kier molecular flexibility index (Phi) is 4.18. The van der Waals surface area contributed by atoms with Crippen LogP contribution in [0, 0.1) is 0 Å². The van der Waals surface area contributed by atoms with Crippen LogP contribution in [-0.4, -0.2) is 10.9 Å². The summed E-state index contributed by atoms with van der Waals surface area (Å²) in [6.45, 7) is 5.86. The van der Waals surface area contributed by atoms with E-state index in [0.29, 0.717) is 0 Å². The highest BCUT2D eigenvalue weighted by atomic mass is 16.2. The van der Waals surface area contributed by atoms with Crippen molar-refractivity contribution >= 4 is 5.91 Å². The summed E-state index contributed by atoms with van der Waals surface area (Å²) in [6, 6.07) is 13.6. The van der Waals surface area contributed by atoms with Crippen molar-refractivity contribution in [3.63, 3.8) is 0 Å². The molecule has 1 unspecified atom stereocenters. The third-order valence-electron chi connectivity index (χ3n) is 3.62. The molecule has 3 nitrogen and oxygen atoms in total. The van der Waals surface area contributed by atoms with E-state index in [1.807, 2.05) is 63.2 Å². The molecule has 1 N–H and O–H groups in total. The molecule has 0 aliphatic heterocycles. The van der Waals surface area contributed by atoms with E-state index < -0.39 is 5.41 Å². The third kappa shape index (κ3) is 3.05. The average Bonchev–Trinajstić information content (AvgIpc) is 2.49. The largest absolute Gasteiger partial charge is 0.349 e. The van der Waals surface area contributed by atoms with Crippen LogP contribution in [0.5, 0.6) is 0 Å². The standard InChI is InChI=1S/C17H20N2O/c1-13(14-9-11-18-12-10-14)19-16(20)17(2,3)15-7-5-4-6-8-15/h4-13H,1-3H3,(H,19,20). The molecule has 0 aliphatic rings. The second kappa shape index (κ2) is 5.87. The molecule has 1 heterocycles. The third-order valence-corrected chi connectivity index (χ3v) is 3.62. The van der Waals surface area contributed by atoms with Crippen molar-refractivity contribution in [2.45, 2.75) is 32.2 Å². The summed E-state index contributed by atoms with van der Waals surface area (Å²) in [5, 5.41) is 3.07. The van der Waals surface area contributed by atoms with Crippen molar-refractivity contribution in [2.24, 2.45) is 0 Å². The predicted octanol–water partition coefficient (Wildman–Crippen LogP) is 3.24. The molecular formula is C17H20N2O. The van der Waals surface area contributed by atoms with E-state index in [1.165, 1.54) is 0 Å². The van der Waals surface area contributed by atoms with Crippen LogP contribution in [0.25, 0.3) is 0 Å². The summed E-state index contributed by atoms with van der Waals surface area (Å²) >= 11 is 0. The molecule has 0 spiro atoms. The molecule has 0 saturated carbocycles. The van der Waals surface area contributed by atoms with E-state index in [-0.39, 0.29) is 11.9 Å². The number of amides is 1. The molecule has 0 fully saturated rings. The Morgan fingerprint density at radius 3 is 2.30 bits per heavy atom. The van der Waals surface area contributed by atoms with E-state index in [9.17, 15) is 4.79 Å². The Bertz CT molecular complexity index is 564. The van der Waals surface area contributed by atoms with Crippen LogP contribution in [0.1, 0.15) is 37.9 Å². The summed E-state index contributed by atoms with van der Waals surface area (Å²) in [7, 11) is 0. The normalized spacial score (nSPS) is 12.8. The second-order valence-corrected chi connectivity index (χ2v) is 5.47. The lowest BCUT2D eigenvalue weighted by molar-refractivity contribution is -0.126. The molecule has 1 atom stereocenters. The average molecular weight is 268 g/mol. The van der Waals surface area contributed by atoms with Crippen molar-refractivity contribution in [3.05, 3.63) is 66.0 Å². The molecule has 2 aromatic rings. The highest BCUT2D eigenvalue weighted by molar-refractivity contribution is 5.87. The van der Waals surface area contributed by atoms with Gasteiger partial charge < -0.3 is 5.32 Å². The first-order chi connectivity index (χ1) is 9.51. The molecule has 0 bridgehead atoms. The Balaban J connectivity index is 2.12. The number of nitrogens with zero attached hydrogens (tertiary/aromatic N) is 1. The molecule has 1 aromatic carbocycles. The Morgan fingerprint density at radius 2 is 1.70 bits per heavy atom. The lowest BCUT2D eigenvalue weighted by atomic mass is 9.83. The molecule has 3 heteroatoms. The molecular weight excluding hydrogens is 248 g/mol. The van der Waals surface area contributed by atoms with Crippen LogP contribution >= 0.6 is 0 Å². The topological polar surface area (TPSA) is 42.0 Å². The van der Waals surface area contributed by atoms with Crippen molar-refractivity contribution < 1.29 is 4.79 Å². The first-order valence-electron chi connectivity index (χ1n) is 6.78. The van der Waals surface area contributed by atoms with Gasteiger partial charge in [-0.1, -0.05) is 30.3 Å². The zero-order valence-electron chi connectivity index (χ0n) is 12.1. The van der Waals surface area contributed by atoms with Gasteiger partial charge in [0.25, 0.3) is 0 Å². The van der Waals surface area contributed by atoms with Gasteiger partial charge in [-0.05, 0) is 44.0 Å². The minimum atomic E-state index is -0.553. The van der Waals surface area contributed by atoms with Crippen LogP contribution in [0.3, 0.4) is 0 Å². The number of hydrogen-bond donors (Lipinski definition) is 1. The van der Waals surface area contributed by atoms with Crippen molar-refractivity contribution in [2.75, 3.05) is 0 Å². The van der Waals surface area contributed by atoms with Gasteiger partial charge in [0.15, 0.2) is 0 Å². The summed E-state index contributed by atoms with van der Waals surface area (Å²) in [6.07, 6.45) is 3.47. The zero-order valence-corrected chi connectivity index (χ0v) is 12.1. The Morgan fingerprint density at radius 1 is 1.10 bits per heavy atom. The number of benzene rings is 1. The number of hydrogen-bond acceptors (Lipinski definition) is 2. The number of carbonyl (C=O) groups excluding carboxylic acids is 1. The molecule has 20 heavy (non-hydrogen) atoms. The van der Waals surface area contributed by atoms with E-state index >= 15 is 0 Å². The molecule has 1 aromatic heterocycles. The van der Waals surface area contributed by atoms with E-state index in [0.717, 1.165) is 11.1 Å². The number of carbonyl (C=O) groups is 1. The number of rotatable bonds is 4. The molecule has 0 aliphatic carbocycles. The van der Waals surface area contributed by atoms with Gasteiger partial charge in [0.05, 0.1) is 11.5 Å². The van der Waals surface area contributed by atoms with Gasteiger partial charge >= 0.3 is 0 Å². The fourth-order valence-corrected chi connectivity index (χ4v) is 2.10. The summed E-state index contributed by atoms with van der Waals surface area (Å²) in [5.74, 6) is 0.0213. The summed E-state index contributed by atoms with van der Waals surface area (Å²) in [5.41, 5.74) is 1.51. The van der Waals surface area contributed by atoms with Gasteiger partial charge in [-0.3, -0.25) is 9.78 Å². The molecule has 0 radical (unpaired) electrons. The molecule has 104 valence electrons. The van der Waals surface area contributed by atoms with Gasteiger partial charge in [-0.25, -0.2) is 0 Å².